The third-order valence-corrected chi connectivity index (χ3v) is 22.2. The molecule has 3 rings (SSSR count). The van der Waals surface area contributed by atoms with Crippen LogP contribution in [0.25, 0.3) is 0 Å². The third kappa shape index (κ3) is 42.4. The predicted octanol–water partition coefficient (Wildman–Crippen LogP) is 12.9. The lowest BCUT2D eigenvalue weighted by Crippen LogP contribution is -2.70. The van der Waals surface area contributed by atoms with Gasteiger partial charge >= 0.3 is 5.97 Å². The number of unbranched alkanes of at least 4 members (excludes halogenated alkanes) is 48. The largest absolute Gasteiger partial charge is 0.477 e. The third-order valence-electron chi connectivity index (χ3n) is 22.2. The van der Waals surface area contributed by atoms with Gasteiger partial charge in [-0.2, -0.15) is 0 Å². The molecule has 107 heavy (non-hydrogen) atoms. The first-order chi connectivity index (χ1) is 51.9. The molecule has 0 saturated carbocycles. The second-order valence-electron chi connectivity index (χ2n) is 31.8. The van der Waals surface area contributed by atoms with Gasteiger partial charge in [-0.05, 0) is 38.5 Å². The van der Waals surface area contributed by atoms with Crippen LogP contribution in [0.3, 0.4) is 0 Å². The summed E-state index contributed by atoms with van der Waals surface area (Å²) in [6, 6.07) is -2.53. The second kappa shape index (κ2) is 62.9. The molecule has 3 fully saturated rings. The lowest BCUT2D eigenvalue weighted by atomic mass is 9.88. The number of amides is 2. The zero-order valence-corrected chi connectivity index (χ0v) is 67.0. The van der Waals surface area contributed by atoms with Crippen molar-refractivity contribution in [1.82, 2.24) is 10.6 Å². The number of nitrogens with one attached hydrogen (secondary N) is 2. The quantitative estimate of drug-likeness (QED) is 0.0199. The average molecular weight is 1530 g/mol. The highest BCUT2D eigenvalue weighted by atomic mass is 16.8. The SMILES string of the molecule is CCCCCCCCCCCCCC/C=C\CCCCCCCCCCCCCCCCCCCC(=O)NC(COC1OC(CO)C(OC2OC(CO)C(O)C(OC3(C(=O)O)CC(O)C(NC(C)=O)C(C(O)C(O)CO)O3)C2O)C(O)C1O)C(O)CCCCCCCCCCCCCCCCCCCCCC. The van der Waals surface area contributed by atoms with Crippen LogP contribution < -0.4 is 10.6 Å². The van der Waals surface area contributed by atoms with Gasteiger partial charge in [0, 0.05) is 19.8 Å². The molecule has 3 saturated heterocycles. The number of aliphatic hydroxyl groups excluding tert-OH is 11. The molecule has 0 aromatic heterocycles. The molecule has 0 aromatic rings. The minimum Gasteiger partial charge on any atom is -0.477 e. The van der Waals surface area contributed by atoms with Crippen LogP contribution in [0.15, 0.2) is 12.2 Å². The van der Waals surface area contributed by atoms with Crippen LogP contribution in [0.1, 0.15) is 367 Å². The maximum atomic E-state index is 13.6. The first kappa shape index (κ1) is 98.7. The fourth-order valence-electron chi connectivity index (χ4n) is 15.4. The number of hydrogen-bond donors (Lipinski definition) is 14. The van der Waals surface area contributed by atoms with E-state index in [0.29, 0.717) is 19.3 Å². The van der Waals surface area contributed by atoms with E-state index < -0.39 is 148 Å². The number of carboxylic acid groups (broad SMARTS) is 1. The first-order valence-electron chi connectivity index (χ1n) is 43.5. The Morgan fingerprint density at radius 1 is 0.477 bits per heavy atom. The molecular weight excluding hydrogens is 1370 g/mol. The Bertz CT molecular complexity index is 2170. The van der Waals surface area contributed by atoms with E-state index in [9.17, 15) is 75.7 Å². The van der Waals surface area contributed by atoms with Crippen molar-refractivity contribution >= 4 is 17.8 Å². The summed E-state index contributed by atoms with van der Waals surface area (Å²) >= 11 is 0. The number of ether oxygens (including phenoxy) is 6. The molecule has 3 heterocycles. The van der Waals surface area contributed by atoms with Gasteiger partial charge in [-0.3, -0.25) is 9.59 Å². The minimum absolute atomic E-state index is 0.228. The number of hydrogen-bond acceptors (Lipinski definition) is 20. The number of carbonyl (C=O) groups excluding carboxylic acids is 2. The van der Waals surface area contributed by atoms with Crippen LogP contribution in [0.5, 0.6) is 0 Å². The summed E-state index contributed by atoms with van der Waals surface area (Å²) in [6.07, 6.45) is 40.7. The molecule has 0 spiro atoms. The van der Waals surface area contributed by atoms with Crippen molar-refractivity contribution in [3.05, 3.63) is 12.2 Å². The lowest BCUT2D eigenvalue weighted by Gasteiger charge is -2.50. The van der Waals surface area contributed by atoms with E-state index in [1.165, 1.54) is 263 Å². The fraction of sp³-hybridized carbons (Fsp3) is 0.940. The molecule has 0 radical (unpaired) electrons. The van der Waals surface area contributed by atoms with Gasteiger partial charge in [-0.1, -0.05) is 321 Å². The Morgan fingerprint density at radius 2 is 0.869 bits per heavy atom. The topological polar surface area (TPSA) is 373 Å². The summed E-state index contributed by atoms with van der Waals surface area (Å²) in [5, 5.41) is 137. The molecule has 14 N–H and O–H groups in total. The van der Waals surface area contributed by atoms with Crippen molar-refractivity contribution in [3.63, 3.8) is 0 Å². The summed E-state index contributed by atoms with van der Waals surface area (Å²) in [7, 11) is 0. The molecule has 18 unspecified atom stereocenters. The average Bonchev–Trinajstić information content (AvgIpc) is 0.753. The maximum absolute atomic E-state index is 13.6. The summed E-state index contributed by atoms with van der Waals surface area (Å²) in [4.78, 5) is 38.8. The van der Waals surface area contributed by atoms with Gasteiger partial charge in [-0.15, -0.1) is 0 Å². The molecule has 23 heteroatoms. The fourth-order valence-corrected chi connectivity index (χ4v) is 15.4. The van der Waals surface area contributed by atoms with Crippen molar-refractivity contribution in [1.29, 1.82) is 0 Å². The summed E-state index contributed by atoms with van der Waals surface area (Å²) in [5.41, 5.74) is 0. The van der Waals surface area contributed by atoms with Gasteiger partial charge in [0.15, 0.2) is 12.6 Å². The number of aliphatic hydroxyl groups is 11. The minimum atomic E-state index is -3.08. The van der Waals surface area contributed by atoms with Gasteiger partial charge in [-0.25, -0.2) is 4.79 Å². The van der Waals surface area contributed by atoms with E-state index >= 15 is 0 Å². The maximum Gasteiger partial charge on any atom is 0.364 e. The second-order valence-corrected chi connectivity index (χ2v) is 31.8. The molecular formula is C84H158N2O21. The van der Waals surface area contributed by atoms with Gasteiger partial charge in [0.25, 0.3) is 5.79 Å². The Kier molecular flexibility index (Phi) is 58.0. The highest BCUT2D eigenvalue weighted by Crippen LogP contribution is 2.39. The normalized spacial score (nSPS) is 26.0. The zero-order valence-electron chi connectivity index (χ0n) is 67.0. The highest BCUT2D eigenvalue weighted by molar-refractivity contribution is 5.77. The number of carboxylic acids is 1. The summed E-state index contributed by atoms with van der Waals surface area (Å²) in [6.45, 7) is 2.27. The highest BCUT2D eigenvalue weighted by Gasteiger charge is 2.60. The first-order valence-corrected chi connectivity index (χ1v) is 43.5. The van der Waals surface area contributed by atoms with Crippen LogP contribution >= 0.6 is 0 Å². The molecule has 18 atom stereocenters. The van der Waals surface area contributed by atoms with E-state index in [2.05, 4.69) is 36.6 Å². The monoisotopic (exact) mass is 1530 g/mol. The van der Waals surface area contributed by atoms with Crippen LogP contribution in [0, 0.1) is 0 Å². The van der Waals surface area contributed by atoms with Crippen LogP contribution in [0.2, 0.25) is 0 Å². The molecule has 23 nitrogen and oxygen atoms in total. The van der Waals surface area contributed by atoms with Crippen molar-refractivity contribution in [3.8, 4) is 0 Å². The Labute approximate surface area is 645 Å². The zero-order chi connectivity index (χ0) is 78.1. The van der Waals surface area contributed by atoms with Crippen molar-refractivity contribution in [2.24, 2.45) is 0 Å². The van der Waals surface area contributed by atoms with E-state index in [1.807, 2.05) is 0 Å². The molecule has 3 aliphatic heterocycles. The lowest BCUT2D eigenvalue weighted by molar-refractivity contribution is -0.386. The Balaban J connectivity index is 1.45. The van der Waals surface area contributed by atoms with Gasteiger partial charge < -0.3 is 100 Å². The smallest absolute Gasteiger partial charge is 0.364 e. The van der Waals surface area contributed by atoms with E-state index in [-0.39, 0.29) is 18.9 Å². The van der Waals surface area contributed by atoms with Crippen molar-refractivity contribution < 1.29 is 104 Å². The van der Waals surface area contributed by atoms with Crippen LogP contribution in [0.4, 0.5) is 0 Å². The molecule has 2 amide bonds. The Hall–Kier alpha value is -2.53. The van der Waals surface area contributed by atoms with E-state index in [1.54, 1.807) is 0 Å². The van der Waals surface area contributed by atoms with E-state index in [0.717, 1.165) is 58.3 Å². The van der Waals surface area contributed by atoms with Crippen molar-refractivity contribution in [2.45, 2.75) is 477 Å². The van der Waals surface area contributed by atoms with Crippen molar-refractivity contribution in [2.75, 3.05) is 26.4 Å². The standard InChI is InChI=1S/C84H158N2O21/c1-4-6-8-10-12-14-16-18-20-22-24-26-27-28-29-30-31-32-33-34-35-36-37-38-40-42-44-46-48-50-52-54-56-58-71(94)86-65(66(91)57-55-53-51-49-47-45-43-41-39-25-23-21-19-17-15-13-11-9-7-5-2)63-102-81-76(98)75(97)78(70(62-89)104-81)105-82-77(99)80(74(96)69(61-88)103-82)107-84(83(100)101)59-67(92)72(85-64(3)90)79(106-84)73(95)68(93)60-87/h28-29,65-70,72-82,87-89,91-93,95-99H,4-27,30-63H2,1-3H3,(H,85,90)(H,86,94)(H,100,101)/b29-28-. The van der Waals surface area contributed by atoms with Gasteiger partial charge in [0.2, 0.25) is 11.8 Å². The van der Waals surface area contributed by atoms with Crippen LogP contribution in [-0.4, -0.2) is 215 Å². The Morgan fingerprint density at radius 3 is 1.26 bits per heavy atom. The molecule has 3 aliphatic rings. The predicted molar refractivity (Wildman–Crippen MR) is 417 cm³/mol. The van der Waals surface area contributed by atoms with Gasteiger partial charge in [0.1, 0.15) is 67.1 Å². The van der Waals surface area contributed by atoms with E-state index in [4.69, 9.17) is 28.4 Å². The summed E-state index contributed by atoms with van der Waals surface area (Å²) in [5.74, 6) is -6.09. The molecule has 0 bridgehead atoms. The molecule has 630 valence electrons. The number of aliphatic carboxylic acids is 1. The summed E-state index contributed by atoms with van der Waals surface area (Å²) < 4.78 is 35.0. The number of allylic oxidation sites excluding steroid dienone is 2. The number of rotatable bonds is 70. The van der Waals surface area contributed by atoms with Gasteiger partial charge in [0.05, 0.1) is 50.7 Å². The molecule has 0 aliphatic carbocycles. The molecule has 0 aromatic carbocycles. The number of carbonyl (C=O) groups is 3. The van der Waals surface area contributed by atoms with Crippen LogP contribution in [-0.2, 0) is 42.8 Å².